The number of nitrogens with zero attached hydrogens (tertiary/aromatic N) is 3. The molecule has 1 aliphatic rings. The van der Waals surface area contributed by atoms with Crippen LogP contribution in [0.1, 0.15) is 30.1 Å². The number of aromatic nitrogens is 3. The van der Waals surface area contributed by atoms with E-state index in [-0.39, 0.29) is 17.2 Å². The largest absolute Gasteiger partial charge is 0.323 e. The van der Waals surface area contributed by atoms with Crippen LogP contribution in [0.25, 0.3) is 11.4 Å². The van der Waals surface area contributed by atoms with Crippen molar-refractivity contribution in [2.24, 2.45) is 12.5 Å². The standard InChI is InChI=1S/C21H19F2N5O2/c1-21(7-8-21)20(30)26-17-9-14(15(22)10-16(17)23)19(29)25-13-5-3-12(4-6-13)18-27-24-11-28(18)2/h3-6,9-11H,7-8H2,1-2H3,(H,25,29)(H,26,30). The third-order valence-corrected chi connectivity index (χ3v) is 5.21. The SMILES string of the molecule is Cn1cnnc1-c1ccc(NC(=O)c2cc(NC(=O)C3(C)CC3)c(F)cc2F)cc1. The van der Waals surface area contributed by atoms with Gasteiger partial charge in [0.1, 0.15) is 18.0 Å². The number of halogens is 2. The van der Waals surface area contributed by atoms with Gasteiger partial charge < -0.3 is 15.2 Å². The van der Waals surface area contributed by atoms with Crippen LogP contribution >= 0.6 is 0 Å². The third-order valence-electron chi connectivity index (χ3n) is 5.21. The Morgan fingerprint density at radius 1 is 1.07 bits per heavy atom. The van der Waals surface area contributed by atoms with E-state index in [1.165, 1.54) is 0 Å². The van der Waals surface area contributed by atoms with Crippen molar-refractivity contribution in [1.29, 1.82) is 0 Å². The summed E-state index contributed by atoms with van der Waals surface area (Å²) in [7, 11) is 1.81. The van der Waals surface area contributed by atoms with Crippen molar-refractivity contribution in [1.82, 2.24) is 14.8 Å². The van der Waals surface area contributed by atoms with Crippen molar-refractivity contribution in [2.75, 3.05) is 10.6 Å². The van der Waals surface area contributed by atoms with E-state index >= 15 is 0 Å². The van der Waals surface area contributed by atoms with E-state index in [0.29, 0.717) is 30.4 Å². The number of nitrogens with one attached hydrogen (secondary N) is 2. The second-order valence-electron chi connectivity index (χ2n) is 7.62. The second-order valence-corrected chi connectivity index (χ2v) is 7.62. The van der Waals surface area contributed by atoms with Gasteiger partial charge in [0, 0.05) is 29.8 Å². The van der Waals surface area contributed by atoms with Crippen LogP contribution in [0.3, 0.4) is 0 Å². The molecule has 154 valence electrons. The van der Waals surface area contributed by atoms with Gasteiger partial charge in [0.2, 0.25) is 5.91 Å². The first-order valence-electron chi connectivity index (χ1n) is 9.33. The summed E-state index contributed by atoms with van der Waals surface area (Å²) >= 11 is 0. The lowest BCUT2D eigenvalue weighted by molar-refractivity contribution is -0.120. The minimum absolute atomic E-state index is 0.225. The van der Waals surface area contributed by atoms with E-state index in [4.69, 9.17) is 0 Å². The number of amides is 2. The molecule has 0 aliphatic heterocycles. The summed E-state index contributed by atoms with van der Waals surface area (Å²) in [6.07, 6.45) is 2.99. The molecule has 0 unspecified atom stereocenters. The molecule has 0 bridgehead atoms. The monoisotopic (exact) mass is 411 g/mol. The Balaban J connectivity index is 1.52. The van der Waals surface area contributed by atoms with Crippen molar-refractivity contribution < 1.29 is 18.4 Å². The predicted octanol–water partition coefficient (Wildman–Crippen LogP) is 3.75. The van der Waals surface area contributed by atoms with Crippen molar-refractivity contribution in [3.63, 3.8) is 0 Å². The minimum Gasteiger partial charge on any atom is -0.323 e. The molecule has 0 saturated heterocycles. The molecule has 7 nitrogen and oxygen atoms in total. The predicted molar refractivity (Wildman–Crippen MR) is 107 cm³/mol. The van der Waals surface area contributed by atoms with Crippen LogP contribution in [0.5, 0.6) is 0 Å². The Morgan fingerprint density at radius 2 is 1.77 bits per heavy atom. The van der Waals surface area contributed by atoms with Gasteiger partial charge in [-0.3, -0.25) is 9.59 Å². The molecule has 0 atom stereocenters. The summed E-state index contributed by atoms with van der Waals surface area (Å²) in [4.78, 5) is 24.7. The number of benzene rings is 2. The summed E-state index contributed by atoms with van der Waals surface area (Å²) in [5.74, 6) is -2.40. The van der Waals surface area contributed by atoms with Gasteiger partial charge in [-0.25, -0.2) is 8.78 Å². The molecule has 1 fully saturated rings. The highest BCUT2D eigenvalue weighted by atomic mass is 19.1. The Kier molecular flexibility index (Phi) is 4.81. The van der Waals surface area contributed by atoms with Gasteiger partial charge in [0.05, 0.1) is 11.3 Å². The quantitative estimate of drug-likeness (QED) is 0.669. The number of aryl methyl sites for hydroxylation is 1. The van der Waals surface area contributed by atoms with E-state index < -0.39 is 23.0 Å². The summed E-state index contributed by atoms with van der Waals surface area (Å²) in [6.45, 7) is 1.77. The molecule has 0 spiro atoms. The normalized spacial score (nSPS) is 14.3. The van der Waals surface area contributed by atoms with E-state index in [9.17, 15) is 18.4 Å². The molecule has 3 aromatic rings. The van der Waals surface area contributed by atoms with Gasteiger partial charge in [-0.05, 0) is 43.2 Å². The smallest absolute Gasteiger partial charge is 0.258 e. The number of rotatable bonds is 5. The second kappa shape index (κ2) is 7.33. The van der Waals surface area contributed by atoms with E-state index in [0.717, 1.165) is 11.6 Å². The summed E-state index contributed by atoms with van der Waals surface area (Å²) in [5, 5.41) is 12.8. The number of anilines is 2. The van der Waals surface area contributed by atoms with E-state index in [1.807, 2.05) is 7.05 Å². The van der Waals surface area contributed by atoms with Gasteiger partial charge in [-0.2, -0.15) is 0 Å². The van der Waals surface area contributed by atoms with Gasteiger partial charge in [0.25, 0.3) is 5.91 Å². The van der Waals surface area contributed by atoms with Crippen LogP contribution in [-0.4, -0.2) is 26.6 Å². The van der Waals surface area contributed by atoms with Gasteiger partial charge >= 0.3 is 0 Å². The average Bonchev–Trinajstić information content (AvgIpc) is 3.32. The Morgan fingerprint density at radius 3 is 2.37 bits per heavy atom. The van der Waals surface area contributed by atoms with E-state index in [2.05, 4.69) is 20.8 Å². The highest BCUT2D eigenvalue weighted by Gasteiger charge is 2.45. The number of carbonyl (C=O) groups excluding carboxylic acids is 2. The molecule has 1 saturated carbocycles. The lowest BCUT2D eigenvalue weighted by Gasteiger charge is -2.13. The van der Waals surface area contributed by atoms with Crippen LogP contribution in [0.15, 0.2) is 42.7 Å². The van der Waals surface area contributed by atoms with Crippen LogP contribution in [0.4, 0.5) is 20.2 Å². The van der Waals surface area contributed by atoms with Crippen molar-refractivity contribution in [2.45, 2.75) is 19.8 Å². The summed E-state index contributed by atoms with van der Waals surface area (Å²) < 4.78 is 30.1. The van der Waals surface area contributed by atoms with Crippen LogP contribution in [0, 0.1) is 17.0 Å². The zero-order chi connectivity index (χ0) is 21.5. The topological polar surface area (TPSA) is 88.9 Å². The van der Waals surface area contributed by atoms with Crippen LogP contribution < -0.4 is 10.6 Å². The maximum atomic E-state index is 14.2. The fourth-order valence-electron chi connectivity index (χ4n) is 2.95. The highest BCUT2D eigenvalue weighted by molar-refractivity contribution is 6.06. The zero-order valence-corrected chi connectivity index (χ0v) is 16.4. The number of hydrogen-bond acceptors (Lipinski definition) is 4. The molecule has 2 N–H and O–H groups in total. The number of hydrogen-bond donors (Lipinski definition) is 2. The van der Waals surface area contributed by atoms with Crippen LogP contribution in [-0.2, 0) is 11.8 Å². The molecule has 0 radical (unpaired) electrons. The lowest BCUT2D eigenvalue weighted by Crippen LogP contribution is -2.23. The Hall–Kier alpha value is -3.62. The molecule has 4 rings (SSSR count). The highest BCUT2D eigenvalue weighted by Crippen LogP contribution is 2.45. The first-order chi connectivity index (χ1) is 14.3. The Labute approximate surface area is 171 Å². The maximum absolute atomic E-state index is 14.2. The van der Waals surface area contributed by atoms with E-state index in [1.54, 1.807) is 42.1 Å². The molecule has 1 heterocycles. The first kappa shape index (κ1) is 19.7. The summed E-state index contributed by atoms with van der Waals surface area (Å²) in [5.41, 5.74) is 0.0841. The van der Waals surface area contributed by atoms with Gasteiger partial charge in [-0.1, -0.05) is 6.92 Å². The summed E-state index contributed by atoms with van der Waals surface area (Å²) in [6, 6.07) is 8.36. The number of carbonyl (C=O) groups is 2. The molecule has 1 aliphatic carbocycles. The molecule has 30 heavy (non-hydrogen) atoms. The molecular weight excluding hydrogens is 392 g/mol. The fourth-order valence-corrected chi connectivity index (χ4v) is 2.95. The Bertz CT molecular complexity index is 1140. The molecular formula is C21H19F2N5O2. The van der Waals surface area contributed by atoms with Crippen molar-refractivity contribution >= 4 is 23.2 Å². The van der Waals surface area contributed by atoms with Crippen molar-refractivity contribution in [3.8, 4) is 11.4 Å². The molecule has 2 amide bonds. The van der Waals surface area contributed by atoms with Gasteiger partial charge in [-0.15, -0.1) is 10.2 Å². The third kappa shape index (κ3) is 3.78. The fraction of sp³-hybridized carbons (Fsp3) is 0.238. The van der Waals surface area contributed by atoms with Crippen molar-refractivity contribution in [3.05, 3.63) is 59.9 Å². The average molecular weight is 411 g/mol. The zero-order valence-electron chi connectivity index (χ0n) is 16.4. The first-order valence-corrected chi connectivity index (χ1v) is 9.33. The van der Waals surface area contributed by atoms with Crippen LogP contribution in [0.2, 0.25) is 0 Å². The maximum Gasteiger partial charge on any atom is 0.258 e. The molecule has 1 aromatic heterocycles. The minimum atomic E-state index is -1.02. The lowest BCUT2D eigenvalue weighted by atomic mass is 10.1. The molecule has 9 heteroatoms. The van der Waals surface area contributed by atoms with Gasteiger partial charge in [0.15, 0.2) is 5.82 Å². The molecule has 2 aromatic carbocycles.